The molecule has 204 valence electrons. The van der Waals surface area contributed by atoms with E-state index in [4.69, 9.17) is 18.6 Å². The largest absolute Gasteiger partial charge is 0.485 e. The van der Waals surface area contributed by atoms with Crippen molar-refractivity contribution in [2.75, 3.05) is 6.61 Å². The van der Waals surface area contributed by atoms with Gasteiger partial charge < -0.3 is 18.6 Å². The molecule has 0 amide bonds. The van der Waals surface area contributed by atoms with Crippen molar-refractivity contribution in [3.8, 4) is 11.5 Å². The van der Waals surface area contributed by atoms with Crippen LogP contribution in [0, 0.1) is 0 Å². The van der Waals surface area contributed by atoms with Crippen molar-refractivity contribution < 1.29 is 23.4 Å². The number of ether oxygens (including phenoxy) is 3. The molecule has 0 aliphatic rings. The number of halogens is 1. The van der Waals surface area contributed by atoms with Gasteiger partial charge in [-0.1, -0.05) is 103 Å². The molecule has 2 atom stereocenters. The molecule has 0 spiro atoms. The number of hydrogen-bond donors (Lipinski definition) is 0. The van der Waals surface area contributed by atoms with Crippen LogP contribution in [-0.4, -0.2) is 25.7 Å². The van der Waals surface area contributed by atoms with E-state index in [1.54, 1.807) is 6.92 Å². The highest BCUT2D eigenvalue weighted by Crippen LogP contribution is 2.43. The van der Waals surface area contributed by atoms with E-state index in [-0.39, 0.29) is 11.0 Å². The van der Waals surface area contributed by atoms with Gasteiger partial charge >= 0.3 is 5.97 Å². The Bertz CT molecular complexity index is 1160. The molecule has 0 aromatic heterocycles. The molecule has 3 rings (SSSR count). The molecule has 0 bridgehead atoms. The van der Waals surface area contributed by atoms with Crippen LogP contribution in [0.1, 0.15) is 50.5 Å². The molecule has 0 fully saturated rings. The van der Waals surface area contributed by atoms with E-state index >= 15 is 0 Å². The van der Waals surface area contributed by atoms with Crippen molar-refractivity contribution in [1.29, 1.82) is 0 Å². The second-order valence-electron chi connectivity index (χ2n) is 10.7. The Morgan fingerprint density at radius 3 is 1.87 bits per heavy atom. The highest BCUT2D eigenvalue weighted by molar-refractivity contribution is 9.10. The molecule has 5 nitrogen and oxygen atoms in total. The fourth-order valence-electron chi connectivity index (χ4n) is 3.54. The Hall–Kier alpha value is -2.61. The number of alkyl halides is 1. The summed E-state index contributed by atoms with van der Waals surface area (Å²) in [4.78, 5) is 12.2. The van der Waals surface area contributed by atoms with Gasteiger partial charge in [0.2, 0.25) is 0 Å². The lowest BCUT2D eigenvalue weighted by Crippen LogP contribution is -2.44. The third kappa shape index (κ3) is 8.19. The summed E-state index contributed by atoms with van der Waals surface area (Å²) in [6, 6.07) is 25.8. The van der Waals surface area contributed by atoms with Crippen molar-refractivity contribution in [2.24, 2.45) is 0 Å². The van der Waals surface area contributed by atoms with Crippen LogP contribution >= 0.6 is 15.9 Å². The van der Waals surface area contributed by atoms with Gasteiger partial charge in [-0.05, 0) is 53.9 Å². The molecule has 3 aromatic rings. The summed E-state index contributed by atoms with van der Waals surface area (Å²) < 4.78 is 24.6. The lowest BCUT2D eigenvalue weighted by molar-refractivity contribution is -0.144. The lowest BCUT2D eigenvalue weighted by atomic mass is 10.1. The second-order valence-corrected chi connectivity index (χ2v) is 16.5. The third-order valence-corrected chi connectivity index (χ3v) is 12.1. The van der Waals surface area contributed by atoms with Crippen LogP contribution in [0.2, 0.25) is 18.1 Å². The predicted molar refractivity (Wildman–Crippen MR) is 158 cm³/mol. The molecule has 0 radical (unpaired) electrons. The van der Waals surface area contributed by atoms with Gasteiger partial charge in [-0.3, -0.25) is 4.79 Å². The average Bonchev–Trinajstić information content (AvgIpc) is 2.90. The van der Waals surface area contributed by atoms with Crippen LogP contribution < -0.4 is 9.47 Å². The first kappa shape index (κ1) is 29.9. The maximum Gasteiger partial charge on any atom is 0.322 e. The first-order valence-corrected chi connectivity index (χ1v) is 16.8. The molecule has 38 heavy (non-hydrogen) atoms. The Balaban J connectivity index is 1.97. The molecule has 7 heteroatoms. The number of carbonyl (C=O) groups is 1. The molecule has 0 aliphatic carbocycles. The average molecular weight is 600 g/mol. The molecule has 0 saturated heterocycles. The summed E-state index contributed by atoms with van der Waals surface area (Å²) in [5, 5.41) is -0.0436. The van der Waals surface area contributed by atoms with Gasteiger partial charge in [0.1, 0.15) is 18.0 Å². The highest BCUT2D eigenvalue weighted by Gasteiger charge is 2.42. The van der Waals surface area contributed by atoms with Gasteiger partial charge in [0.05, 0.1) is 12.7 Å². The fourth-order valence-corrected chi connectivity index (χ4v) is 5.55. The molecule has 0 aliphatic heterocycles. The number of rotatable bonds is 12. The van der Waals surface area contributed by atoms with Gasteiger partial charge in [-0.2, -0.15) is 0 Å². The van der Waals surface area contributed by atoms with Gasteiger partial charge in [0, 0.05) is 0 Å². The predicted octanol–water partition coefficient (Wildman–Crippen LogP) is 8.23. The molecular weight excluding hydrogens is 560 g/mol. The first-order chi connectivity index (χ1) is 18.0. The van der Waals surface area contributed by atoms with Gasteiger partial charge in [0.15, 0.2) is 19.8 Å². The zero-order chi connectivity index (χ0) is 27.8. The summed E-state index contributed by atoms with van der Waals surface area (Å²) in [5.74, 6) is 0.865. The molecule has 3 aromatic carbocycles. The number of hydrogen-bond acceptors (Lipinski definition) is 5. The zero-order valence-electron chi connectivity index (χ0n) is 23.2. The fraction of sp³-hybridized carbons (Fsp3) is 0.387. The van der Waals surface area contributed by atoms with Crippen LogP contribution in [0.3, 0.4) is 0 Å². The van der Waals surface area contributed by atoms with E-state index in [2.05, 4.69) is 49.8 Å². The summed E-state index contributed by atoms with van der Waals surface area (Å²) >= 11 is 3.60. The van der Waals surface area contributed by atoms with Gasteiger partial charge in [0.25, 0.3) is 0 Å². The van der Waals surface area contributed by atoms with Crippen LogP contribution in [0.5, 0.6) is 11.5 Å². The van der Waals surface area contributed by atoms with Crippen molar-refractivity contribution in [1.82, 2.24) is 0 Å². The van der Waals surface area contributed by atoms with E-state index in [1.807, 2.05) is 78.9 Å². The molecule has 0 unspecified atom stereocenters. The smallest absolute Gasteiger partial charge is 0.322 e. The second kappa shape index (κ2) is 13.4. The third-order valence-electron chi connectivity index (χ3n) is 6.78. The van der Waals surface area contributed by atoms with Crippen LogP contribution in [0.15, 0.2) is 78.9 Å². The topological polar surface area (TPSA) is 54.0 Å². The SMILES string of the molecule is CCOC(=O)[C@H](Br)[C@H](O[Si](C)(C)C(C)(C)C)c1ccc(OCc2ccccc2)c(OCc2ccccc2)c1. The van der Waals surface area contributed by atoms with Gasteiger partial charge in [-0.25, -0.2) is 0 Å². The van der Waals surface area contributed by atoms with E-state index in [1.165, 1.54) is 0 Å². The quantitative estimate of drug-likeness (QED) is 0.119. The number of esters is 1. The van der Waals surface area contributed by atoms with Crippen molar-refractivity contribution >= 4 is 30.2 Å². The Morgan fingerprint density at radius 1 is 0.842 bits per heavy atom. The molecule has 0 heterocycles. The maximum absolute atomic E-state index is 12.8. The Labute approximate surface area is 236 Å². The van der Waals surface area contributed by atoms with Crippen LogP contribution in [-0.2, 0) is 27.2 Å². The van der Waals surface area contributed by atoms with Crippen molar-refractivity contribution in [3.63, 3.8) is 0 Å². The minimum absolute atomic E-state index is 0.0436. The summed E-state index contributed by atoms with van der Waals surface area (Å²) in [6.07, 6.45) is -0.558. The van der Waals surface area contributed by atoms with Crippen molar-refractivity contribution in [2.45, 2.75) is 70.0 Å². The zero-order valence-corrected chi connectivity index (χ0v) is 25.8. The van der Waals surface area contributed by atoms with Crippen molar-refractivity contribution in [3.05, 3.63) is 95.6 Å². The standard InChI is InChI=1S/C31H39BrO5Si/c1-7-34-30(33)28(32)29(37-38(5,6)31(2,3)4)25-18-19-26(35-21-23-14-10-8-11-15-23)27(20-25)36-22-24-16-12-9-13-17-24/h8-20,28-29H,7,21-22H2,1-6H3/t28-,29-/m1/s1. The molecule has 0 saturated carbocycles. The maximum atomic E-state index is 12.8. The Morgan fingerprint density at radius 2 is 1.37 bits per heavy atom. The van der Waals surface area contributed by atoms with E-state index in [9.17, 15) is 4.79 Å². The van der Waals surface area contributed by atoms with Gasteiger partial charge in [-0.15, -0.1) is 0 Å². The Kier molecular flexibility index (Phi) is 10.6. The minimum atomic E-state index is -2.25. The monoisotopic (exact) mass is 598 g/mol. The molecule has 0 N–H and O–H groups in total. The normalized spacial score (nSPS) is 13.4. The molecular formula is C31H39BrO5Si. The summed E-state index contributed by atoms with van der Waals surface area (Å²) in [7, 11) is -2.25. The van der Waals surface area contributed by atoms with E-state index in [0.29, 0.717) is 31.3 Å². The number of benzene rings is 3. The lowest BCUT2D eigenvalue weighted by Gasteiger charge is -2.40. The first-order valence-electron chi connectivity index (χ1n) is 13.0. The van der Waals surface area contributed by atoms with E-state index < -0.39 is 19.2 Å². The van der Waals surface area contributed by atoms with Crippen LogP contribution in [0.25, 0.3) is 0 Å². The van der Waals surface area contributed by atoms with Crippen LogP contribution in [0.4, 0.5) is 0 Å². The summed E-state index contributed by atoms with van der Waals surface area (Å²) in [5.41, 5.74) is 2.93. The summed E-state index contributed by atoms with van der Waals surface area (Å²) in [6.45, 7) is 13.8. The highest BCUT2D eigenvalue weighted by atomic mass is 79.9. The number of carbonyl (C=O) groups excluding carboxylic acids is 1. The minimum Gasteiger partial charge on any atom is -0.485 e. The van der Waals surface area contributed by atoms with E-state index in [0.717, 1.165) is 16.7 Å².